The number of rotatable bonds is 6. The Morgan fingerprint density at radius 2 is 1.84 bits per heavy atom. The van der Waals surface area contributed by atoms with Crippen LogP contribution < -0.4 is 15.2 Å². The zero-order chi connectivity index (χ0) is 22.3. The summed E-state index contributed by atoms with van der Waals surface area (Å²) in [5, 5.41) is 1.88. The van der Waals surface area contributed by atoms with E-state index in [4.69, 9.17) is 16.6 Å². The summed E-state index contributed by atoms with van der Waals surface area (Å²) < 4.78 is 4.20. The van der Waals surface area contributed by atoms with E-state index in [1.807, 2.05) is 63.6 Å². The number of anilines is 2. The van der Waals surface area contributed by atoms with Crippen LogP contribution in [0.15, 0.2) is 41.5 Å². The second-order valence-corrected chi connectivity index (χ2v) is 8.30. The van der Waals surface area contributed by atoms with E-state index in [0.717, 1.165) is 35.9 Å². The second kappa shape index (κ2) is 8.23. The van der Waals surface area contributed by atoms with Crippen LogP contribution in [0, 0.1) is 6.92 Å². The van der Waals surface area contributed by atoms with Gasteiger partial charge in [-0.3, -0.25) is 4.79 Å². The number of nitrogens with zero attached hydrogens (tertiary/aromatic N) is 6. The first-order valence-corrected chi connectivity index (χ1v) is 10.7. The predicted molar refractivity (Wildman–Crippen MR) is 129 cm³/mol. The van der Waals surface area contributed by atoms with Crippen molar-refractivity contribution in [3.05, 3.63) is 57.7 Å². The molecule has 4 aromatic rings. The number of hydrogen-bond donors (Lipinski definition) is 0. The fraction of sp³-hybridized carbons (Fsp3) is 0.348. The van der Waals surface area contributed by atoms with E-state index in [0.29, 0.717) is 28.0 Å². The number of pyridine rings is 2. The first-order chi connectivity index (χ1) is 14.8. The molecular formula is C23H27ClN6O. The molecule has 0 aliphatic carbocycles. The number of likely N-dealkylation sites (N-methyl/N-ethyl adjacent to an activating group) is 1. The normalized spacial score (nSPS) is 11.4. The highest BCUT2D eigenvalue weighted by Crippen LogP contribution is 2.34. The Balaban J connectivity index is 1.86. The number of fused-ring (bicyclic) bond motifs is 2. The summed E-state index contributed by atoms with van der Waals surface area (Å²) in [6.45, 7) is 6.30. The van der Waals surface area contributed by atoms with Crippen LogP contribution in [-0.2, 0) is 13.1 Å². The maximum absolute atomic E-state index is 13.3. The summed E-state index contributed by atoms with van der Waals surface area (Å²) in [7, 11) is 5.88. The molecular weight excluding hydrogens is 412 g/mol. The molecule has 0 fully saturated rings. The van der Waals surface area contributed by atoms with Gasteiger partial charge < -0.3 is 18.9 Å². The molecule has 7 nitrogen and oxygen atoms in total. The third-order valence-electron chi connectivity index (χ3n) is 5.73. The zero-order valence-electron chi connectivity index (χ0n) is 18.6. The van der Waals surface area contributed by atoms with Crippen LogP contribution in [-0.4, -0.2) is 46.8 Å². The summed E-state index contributed by atoms with van der Waals surface area (Å²) in [6, 6.07) is 7.40. The van der Waals surface area contributed by atoms with E-state index in [2.05, 4.69) is 25.9 Å². The average molecular weight is 439 g/mol. The summed E-state index contributed by atoms with van der Waals surface area (Å²) in [5.41, 5.74) is 2.30. The van der Waals surface area contributed by atoms with Crippen LogP contribution in [0.3, 0.4) is 0 Å². The van der Waals surface area contributed by atoms with Gasteiger partial charge in [-0.1, -0.05) is 11.6 Å². The van der Waals surface area contributed by atoms with Crippen LogP contribution in [0.5, 0.6) is 0 Å². The zero-order valence-corrected chi connectivity index (χ0v) is 19.3. The van der Waals surface area contributed by atoms with Gasteiger partial charge in [-0.2, -0.15) is 0 Å². The van der Waals surface area contributed by atoms with Gasteiger partial charge >= 0.3 is 0 Å². The van der Waals surface area contributed by atoms with Gasteiger partial charge in [-0.15, -0.1) is 0 Å². The standard InChI is InChI=1S/C23H27ClN6O/c1-6-30-20-16(7-9-18(24)21(20)27(3)4)22(31)17-8-10-19(26-23(17)30)28(5)13-14-29-12-11-25-15(29)2/h7-12H,6,13-14H2,1-5H3. The van der Waals surface area contributed by atoms with Gasteiger partial charge in [0.25, 0.3) is 0 Å². The molecule has 0 N–H and O–H groups in total. The third kappa shape index (κ3) is 3.63. The Kier molecular flexibility index (Phi) is 5.62. The lowest BCUT2D eigenvalue weighted by molar-refractivity contribution is 0.661. The number of aryl methyl sites for hydroxylation is 2. The fourth-order valence-corrected chi connectivity index (χ4v) is 4.36. The summed E-state index contributed by atoms with van der Waals surface area (Å²) in [6.07, 6.45) is 3.78. The van der Waals surface area contributed by atoms with Crippen molar-refractivity contribution in [1.29, 1.82) is 0 Å². The smallest absolute Gasteiger partial charge is 0.198 e. The Hall–Kier alpha value is -3.06. The molecule has 0 unspecified atom stereocenters. The highest BCUT2D eigenvalue weighted by atomic mass is 35.5. The summed E-state index contributed by atoms with van der Waals surface area (Å²) in [5.74, 6) is 1.80. The Labute approximate surface area is 186 Å². The van der Waals surface area contributed by atoms with Gasteiger partial charge in [0.1, 0.15) is 17.3 Å². The average Bonchev–Trinajstić information content (AvgIpc) is 3.16. The molecule has 0 saturated heterocycles. The summed E-state index contributed by atoms with van der Waals surface area (Å²) >= 11 is 6.52. The van der Waals surface area contributed by atoms with Gasteiger partial charge in [0.2, 0.25) is 0 Å². The second-order valence-electron chi connectivity index (χ2n) is 7.89. The quantitative estimate of drug-likeness (QED) is 0.427. The van der Waals surface area contributed by atoms with Crippen molar-refractivity contribution in [2.75, 3.05) is 37.5 Å². The molecule has 0 saturated carbocycles. The van der Waals surface area contributed by atoms with E-state index in [1.54, 1.807) is 6.07 Å². The molecule has 0 aliphatic rings. The molecule has 0 bridgehead atoms. The molecule has 0 atom stereocenters. The van der Waals surface area contributed by atoms with Crippen molar-refractivity contribution >= 4 is 45.0 Å². The molecule has 0 amide bonds. The van der Waals surface area contributed by atoms with Gasteiger partial charge in [-0.25, -0.2) is 9.97 Å². The van der Waals surface area contributed by atoms with Crippen LogP contribution in [0.4, 0.5) is 11.5 Å². The number of hydrogen-bond acceptors (Lipinski definition) is 5. The van der Waals surface area contributed by atoms with Crippen LogP contribution in [0.25, 0.3) is 21.9 Å². The van der Waals surface area contributed by atoms with E-state index < -0.39 is 0 Å². The van der Waals surface area contributed by atoms with E-state index >= 15 is 0 Å². The molecule has 3 aromatic heterocycles. The third-order valence-corrected chi connectivity index (χ3v) is 6.04. The van der Waals surface area contributed by atoms with Gasteiger partial charge in [0.15, 0.2) is 5.43 Å². The van der Waals surface area contributed by atoms with E-state index in [1.165, 1.54) is 0 Å². The highest BCUT2D eigenvalue weighted by molar-refractivity contribution is 6.35. The van der Waals surface area contributed by atoms with Crippen molar-refractivity contribution in [2.24, 2.45) is 0 Å². The first-order valence-electron chi connectivity index (χ1n) is 10.4. The lowest BCUT2D eigenvalue weighted by Crippen LogP contribution is -2.24. The van der Waals surface area contributed by atoms with Crippen molar-refractivity contribution in [3.63, 3.8) is 0 Å². The maximum atomic E-state index is 13.3. The Bertz CT molecular complexity index is 1320. The predicted octanol–water partition coefficient (Wildman–Crippen LogP) is 3.93. The van der Waals surface area contributed by atoms with Crippen LogP contribution in [0.2, 0.25) is 5.02 Å². The topological polar surface area (TPSA) is 59.2 Å². The molecule has 0 radical (unpaired) electrons. The molecule has 0 aliphatic heterocycles. The summed E-state index contributed by atoms with van der Waals surface area (Å²) in [4.78, 5) is 26.5. The molecule has 162 valence electrons. The number of benzene rings is 1. The monoisotopic (exact) mass is 438 g/mol. The molecule has 8 heteroatoms. The molecule has 3 heterocycles. The van der Waals surface area contributed by atoms with E-state index in [-0.39, 0.29) is 5.43 Å². The Morgan fingerprint density at radius 1 is 1.10 bits per heavy atom. The molecule has 4 rings (SSSR count). The lowest BCUT2D eigenvalue weighted by atomic mass is 10.1. The number of halogens is 1. The first kappa shape index (κ1) is 21.2. The van der Waals surface area contributed by atoms with Crippen molar-refractivity contribution in [3.8, 4) is 0 Å². The minimum atomic E-state index is -0.0230. The van der Waals surface area contributed by atoms with Crippen molar-refractivity contribution < 1.29 is 0 Å². The molecule has 1 aromatic carbocycles. The van der Waals surface area contributed by atoms with Crippen molar-refractivity contribution in [1.82, 2.24) is 19.1 Å². The lowest BCUT2D eigenvalue weighted by Gasteiger charge is -2.23. The number of imidazole rings is 1. The minimum Gasteiger partial charge on any atom is -0.375 e. The van der Waals surface area contributed by atoms with Crippen LogP contribution in [0.1, 0.15) is 12.7 Å². The Morgan fingerprint density at radius 3 is 2.48 bits per heavy atom. The fourth-order valence-electron chi connectivity index (χ4n) is 4.04. The largest absolute Gasteiger partial charge is 0.375 e. The van der Waals surface area contributed by atoms with E-state index in [9.17, 15) is 4.79 Å². The highest BCUT2D eigenvalue weighted by Gasteiger charge is 2.18. The molecule has 0 spiro atoms. The van der Waals surface area contributed by atoms with Crippen molar-refractivity contribution in [2.45, 2.75) is 26.9 Å². The molecule has 31 heavy (non-hydrogen) atoms. The van der Waals surface area contributed by atoms with Gasteiger partial charge in [-0.05, 0) is 38.1 Å². The van der Waals surface area contributed by atoms with Gasteiger partial charge in [0, 0.05) is 58.6 Å². The number of aromatic nitrogens is 4. The van der Waals surface area contributed by atoms with Crippen LogP contribution >= 0.6 is 11.6 Å². The SMILES string of the molecule is CCn1c2nc(N(C)CCn3ccnc3C)ccc2c(=O)c2ccc(Cl)c(N(C)C)c21. The van der Waals surface area contributed by atoms with Gasteiger partial charge in [0.05, 0.1) is 21.6 Å². The minimum absolute atomic E-state index is 0.0230. The maximum Gasteiger partial charge on any atom is 0.198 e.